The van der Waals surface area contributed by atoms with Gasteiger partial charge >= 0.3 is 0 Å². The first-order chi connectivity index (χ1) is 18.1. The van der Waals surface area contributed by atoms with Crippen molar-refractivity contribution < 1.29 is 8.42 Å². The Morgan fingerprint density at radius 2 is 1.64 bits per heavy atom. The molecule has 3 aromatic carbocycles. The third-order valence-corrected chi connectivity index (χ3v) is 7.16. The van der Waals surface area contributed by atoms with Gasteiger partial charge in [-0.1, -0.05) is 42.0 Å². The smallest absolute Gasteiger partial charge is 0.229 e. The number of halogens is 1. The number of hydrogen-bond donors (Lipinski definition) is 5. The molecule has 0 radical (unpaired) electrons. The molecule has 6 N–H and O–H groups in total. The molecule has 9 nitrogen and oxygen atoms in total. The lowest BCUT2D eigenvalue weighted by molar-refractivity contribution is 0.566. The van der Waals surface area contributed by atoms with Crippen LogP contribution in [-0.2, 0) is 22.7 Å². The van der Waals surface area contributed by atoms with Crippen molar-refractivity contribution in [3.05, 3.63) is 95.7 Å². The van der Waals surface area contributed by atoms with Crippen LogP contribution in [0.4, 0.5) is 34.5 Å². The van der Waals surface area contributed by atoms with Crippen LogP contribution in [0.25, 0.3) is 0 Å². The van der Waals surface area contributed by atoms with Gasteiger partial charge in [-0.05, 0) is 60.9 Å². The first kappa shape index (κ1) is 28.2. The van der Waals surface area contributed by atoms with Gasteiger partial charge in [0.25, 0.3) is 0 Å². The number of nitrogens with two attached hydrogens (primary N) is 1. The van der Waals surface area contributed by atoms with Crippen LogP contribution in [0.1, 0.15) is 16.7 Å². The third-order valence-electron chi connectivity index (χ3n) is 6.21. The zero-order valence-corrected chi connectivity index (χ0v) is 23.4. The van der Waals surface area contributed by atoms with Crippen LogP contribution in [0.3, 0.4) is 0 Å². The fourth-order valence-corrected chi connectivity index (χ4v) is 4.94. The quantitative estimate of drug-likeness (QED) is 0.190. The molecule has 0 bridgehead atoms. The summed E-state index contributed by atoms with van der Waals surface area (Å²) in [5.74, 6) is 0.378. The predicted octanol–water partition coefficient (Wildman–Crippen LogP) is 4.97. The predicted molar refractivity (Wildman–Crippen MR) is 161 cm³/mol. The lowest BCUT2D eigenvalue weighted by Crippen LogP contribution is -2.53. The van der Waals surface area contributed by atoms with Crippen molar-refractivity contribution in [1.82, 2.24) is 9.97 Å². The lowest BCUT2D eigenvalue weighted by atomic mass is 10.1. The summed E-state index contributed by atoms with van der Waals surface area (Å²) < 4.78 is 23.0. The van der Waals surface area contributed by atoms with Gasteiger partial charge in [0.1, 0.15) is 15.7 Å². The van der Waals surface area contributed by atoms with E-state index in [-0.39, 0.29) is 18.2 Å². The fourth-order valence-electron chi connectivity index (χ4n) is 4.34. The number of nitrogens with zero attached hydrogens (tertiary/aromatic N) is 2. The van der Waals surface area contributed by atoms with E-state index in [2.05, 4.69) is 62.4 Å². The van der Waals surface area contributed by atoms with Crippen molar-refractivity contribution in [3.63, 3.8) is 0 Å². The molecule has 1 atom stereocenters. The Labute approximate surface area is 235 Å². The van der Waals surface area contributed by atoms with Gasteiger partial charge in [0.05, 0.1) is 17.1 Å². The van der Waals surface area contributed by atoms with Crippen LogP contribution in [-0.4, -0.2) is 36.2 Å². The summed E-state index contributed by atoms with van der Waals surface area (Å²) in [5, 5.41) is 13.3. The molecule has 1 unspecified atom stereocenters. The molecule has 0 amide bonds. The summed E-state index contributed by atoms with van der Waals surface area (Å²) in [4.78, 5) is 8.89. The summed E-state index contributed by atoms with van der Waals surface area (Å²) in [6.07, 6.45) is 3.99. The largest absolute Gasteiger partial charge is 0.349 e. The number of nitrogens with one attached hydrogen (secondary N) is 4. The van der Waals surface area contributed by atoms with Crippen molar-refractivity contribution in [3.8, 4) is 0 Å². The zero-order chi connectivity index (χ0) is 26.8. The summed E-state index contributed by atoms with van der Waals surface area (Å²) in [6, 6.07) is 23.7. The van der Waals surface area contributed by atoms with Crippen molar-refractivity contribution in [2.24, 2.45) is 5.73 Å². The van der Waals surface area contributed by atoms with Crippen LogP contribution in [0.15, 0.2) is 79.0 Å². The average Bonchev–Trinajstić information content (AvgIpc) is 3.19. The maximum absolute atomic E-state index is 11.5. The highest BCUT2D eigenvalue weighted by molar-refractivity contribution is 7.90. The Morgan fingerprint density at radius 3 is 2.41 bits per heavy atom. The van der Waals surface area contributed by atoms with Crippen LogP contribution in [0.5, 0.6) is 0 Å². The Kier molecular flexibility index (Phi) is 8.29. The van der Waals surface area contributed by atoms with E-state index in [1.165, 1.54) is 11.8 Å². The van der Waals surface area contributed by atoms with Crippen molar-refractivity contribution in [1.29, 1.82) is 0 Å². The van der Waals surface area contributed by atoms with Crippen molar-refractivity contribution in [2.45, 2.75) is 25.6 Å². The maximum atomic E-state index is 11.5. The lowest BCUT2D eigenvalue weighted by Gasteiger charge is -2.26. The van der Waals surface area contributed by atoms with E-state index in [9.17, 15) is 8.42 Å². The van der Waals surface area contributed by atoms with Gasteiger partial charge in [-0.3, -0.25) is 5.73 Å². The van der Waals surface area contributed by atoms with E-state index >= 15 is 0 Å². The van der Waals surface area contributed by atoms with Gasteiger partial charge < -0.3 is 21.3 Å². The van der Waals surface area contributed by atoms with Gasteiger partial charge in [-0.25, -0.2) is 13.4 Å². The van der Waals surface area contributed by atoms with Crippen LogP contribution >= 0.6 is 12.4 Å². The van der Waals surface area contributed by atoms with Crippen LogP contribution in [0.2, 0.25) is 0 Å². The standard InChI is InChI=1S/C28H31N7O2S.ClH/c1-19-6-8-21(9-7-19)18-28(29)34-24-11-10-23(17-25(24)35-28)31-26-12-14-30-27(33-26)32-22-5-3-4-20(16-22)13-15-38(2,36)37;/h3-12,14,16-17,34-35H,13,15,18,29H2,1-2H3,(H2,30,31,32,33);1H. The summed E-state index contributed by atoms with van der Waals surface area (Å²) in [5.41, 5.74) is 13.4. The molecule has 11 heteroatoms. The van der Waals surface area contributed by atoms with E-state index in [1.54, 1.807) is 12.3 Å². The molecule has 2 heterocycles. The average molecular weight is 566 g/mol. The molecule has 1 aromatic heterocycles. The summed E-state index contributed by atoms with van der Waals surface area (Å²) in [7, 11) is -3.02. The summed E-state index contributed by atoms with van der Waals surface area (Å²) in [6.45, 7) is 2.07. The van der Waals surface area contributed by atoms with Gasteiger partial charge in [0, 0.05) is 30.2 Å². The molecule has 5 rings (SSSR count). The minimum absolute atomic E-state index is 0. The number of rotatable bonds is 9. The second-order valence-electron chi connectivity index (χ2n) is 9.74. The Morgan fingerprint density at radius 1 is 0.897 bits per heavy atom. The van der Waals surface area contributed by atoms with Crippen molar-refractivity contribution >= 4 is 56.8 Å². The van der Waals surface area contributed by atoms with Gasteiger partial charge in [-0.2, -0.15) is 4.98 Å². The number of benzene rings is 3. The second-order valence-corrected chi connectivity index (χ2v) is 12.0. The van der Waals surface area contributed by atoms with Gasteiger partial charge in [0.15, 0.2) is 5.79 Å². The second kappa shape index (κ2) is 11.5. The molecular formula is C28H32ClN7O2S. The highest BCUT2D eigenvalue weighted by Crippen LogP contribution is 2.36. The van der Waals surface area contributed by atoms with Crippen LogP contribution in [0, 0.1) is 6.92 Å². The summed E-state index contributed by atoms with van der Waals surface area (Å²) >= 11 is 0. The van der Waals surface area contributed by atoms with Gasteiger partial charge in [-0.15, -0.1) is 12.4 Å². The van der Waals surface area contributed by atoms with E-state index in [0.29, 0.717) is 24.6 Å². The molecule has 0 saturated heterocycles. The number of sulfone groups is 1. The highest BCUT2D eigenvalue weighted by Gasteiger charge is 2.32. The Balaban J connectivity index is 0.00000353. The first-order valence-electron chi connectivity index (χ1n) is 12.3. The fraction of sp³-hybridized carbons (Fsp3) is 0.214. The Bertz CT molecular complexity index is 1560. The zero-order valence-electron chi connectivity index (χ0n) is 21.7. The molecule has 0 fully saturated rings. The number of anilines is 6. The number of aromatic nitrogens is 2. The number of aryl methyl sites for hydroxylation is 2. The monoisotopic (exact) mass is 565 g/mol. The van der Waals surface area contributed by atoms with Gasteiger partial charge in [0.2, 0.25) is 5.95 Å². The SMILES string of the molecule is Cc1ccc(CC2(N)Nc3ccc(Nc4ccnc(Nc5cccc(CCS(C)(=O)=O)c5)n4)cc3N2)cc1.Cl. The minimum atomic E-state index is -3.02. The van der Waals surface area contributed by atoms with Crippen LogP contribution < -0.4 is 27.0 Å². The molecule has 0 spiro atoms. The highest BCUT2D eigenvalue weighted by atomic mass is 35.5. The number of fused-ring (bicyclic) bond motifs is 1. The molecule has 0 aliphatic carbocycles. The van der Waals surface area contributed by atoms with E-state index in [0.717, 1.165) is 33.9 Å². The molecular weight excluding hydrogens is 534 g/mol. The third kappa shape index (κ3) is 7.60. The molecule has 0 saturated carbocycles. The molecule has 4 aromatic rings. The molecule has 204 valence electrons. The molecule has 1 aliphatic rings. The van der Waals surface area contributed by atoms with Crippen molar-refractivity contribution in [2.75, 3.05) is 33.3 Å². The minimum Gasteiger partial charge on any atom is -0.349 e. The van der Waals surface area contributed by atoms with E-state index in [4.69, 9.17) is 5.73 Å². The molecule has 1 aliphatic heterocycles. The number of hydrogen-bond acceptors (Lipinski definition) is 9. The van der Waals surface area contributed by atoms with E-state index in [1.807, 2.05) is 42.5 Å². The Hall–Kier alpha value is -3.86. The maximum Gasteiger partial charge on any atom is 0.229 e. The van der Waals surface area contributed by atoms with E-state index < -0.39 is 15.6 Å². The normalized spacial score (nSPS) is 15.9. The molecule has 39 heavy (non-hydrogen) atoms. The first-order valence-corrected chi connectivity index (χ1v) is 14.4. The topological polar surface area (TPSA) is 134 Å².